The number of hydrogen-bond donors (Lipinski definition) is 6. The fourth-order valence-electron chi connectivity index (χ4n) is 12.7. The van der Waals surface area contributed by atoms with Gasteiger partial charge in [-0.25, -0.2) is 14.4 Å². The number of nitrogens with zero attached hydrogens (tertiary/aromatic N) is 4. The summed E-state index contributed by atoms with van der Waals surface area (Å²) < 4.78 is 23.6. The minimum atomic E-state index is -1.09. The van der Waals surface area contributed by atoms with Gasteiger partial charge in [-0.15, -0.1) is 0 Å². The number of likely N-dealkylation sites (tertiary alicyclic amines) is 1. The molecule has 26 heteroatoms. The van der Waals surface area contributed by atoms with Gasteiger partial charge in [0.2, 0.25) is 35.4 Å². The Kier molecular flexibility index (Phi) is 33.7. The SMILES string of the molecule is CC[C@H](C)[C@@H]([C@@H](CC(=O)N1CCC[C@H]1[C@H](OC)[C@@H](C)C(=O)N[C@@H](Cc1ccccc1)C(=O)OC(C)(C)C)OC)N(C)C(=O)[C@@H](NC(=O)[C@H](C(C)C)N(C)C(=O)OCc1ccc(NC(=O)[C@H](CCCNC(N)=O)CC(=O)[C@@H](NC(=O)CCCCCN2C(=O)C=CC2=O)C(C)C)cc1)C(C)C. The van der Waals surface area contributed by atoms with E-state index in [9.17, 15) is 57.5 Å². The van der Waals surface area contributed by atoms with E-state index in [2.05, 4.69) is 26.6 Å². The molecule has 7 N–H and O–H groups in total. The molecule has 11 amide bonds. The van der Waals surface area contributed by atoms with Gasteiger partial charge in [0.05, 0.1) is 42.7 Å². The molecule has 550 valence electrons. The summed E-state index contributed by atoms with van der Waals surface area (Å²) >= 11 is 0. The van der Waals surface area contributed by atoms with Crippen molar-refractivity contribution in [2.75, 3.05) is 53.3 Å². The lowest BCUT2D eigenvalue weighted by molar-refractivity contribution is -0.159. The number of benzene rings is 2. The van der Waals surface area contributed by atoms with E-state index in [1.807, 2.05) is 44.2 Å². The first-order chi connectivity index (χ1) is 46.6. The largest absolute Gasteiger partial charge is 0.458 e. The average Bonchev–Trinajstić information content (AvgIpc) is 1.75. The third-order valence-electron chi connectivity index (χ3n) is 18.3. The maximum atomic E-state index is 14.9. The van der Waals surface area contributed by atoms with Crippen LogP contribution in [0.4, 0.5) is 15.3 Å². The van der Waals surface area contributed by atoms with Crippen molar-refractivity contribution < 1.29 is 76.5 Å². The molecule has 0 aromatic heterocycles. The quantitative estimate of drug-likeness (QED) is 0.0222. The first kappa shape index (κ1) is 83.2. The van der Waals surface area contributed by atoms with Gasteiger partial charge < -0.3 is 61.1 Å². The van der Waals surface area contributed by atoms with Crippen LogP contribution in [0.15, 0.2) is 66.7 Å². The highest BCUT2D eigenvalue weighted by Crippen LogP contribution is 2.31. The number of esters is 1. The molecule has 1 fully saturated rings. The van der Waals surface area contributed by atoms with E-state index in [0.29, 0.717) is 62.7 Å². The normalized spacial score (nSPS) is 16.9. The second-order valence-corrected chi connectivity index (χ2v) is 28.2. The third kappa shape index (κ3) is 25.8. The highest BCUT2D eigenvalue weighted by atomic mass is 16.6. The molecule has 4 rings (SSSR count). The van der Waals surface area contributed by atoms with Gasteiger partial charge in [-0.3, -0.25) is 53.0 Å². The molecule has 0 unspecified atom stereocenters. The van der Waals surface area contributed by atoms with Gasteiger partial charge in [-0.05, 0) is 106 Å². The Labute approximate surface area is 585 Å². The molecule has 0 aliphatic carbocycles. The van der Waals surface area contributed by atoms with E-state index in [0.717, 1.165) is 10.5 Å². The number of nitrogens with one attached hydrogen (secondary N) is 5. The van der Waals surface area contributed by atoms with Crippen LogP contribution in [0.5, 0.6) is 0 Å². The number of imide groups is 1. The number of primary amides is 1. The number of rotatable bonds is 40. The first-order valence-corrected chi connectivity index (χ1v) is 34.8. The standard InChI is InChI=1S/C73H112N10O16/c1-17-47(8)64(56(96-15)42-60(88)82-39-25-29-54(82)65(97-16)48(9)66(89)77-53(70(93)99-73(10,11)12)40-49-26-20-18-21-27-49)80(13)69(92)62(45(4)5)79-68(91)63(46(6)7)81(14)72(95)98-43-50-31-33-52(34-32-50)76-67(90)51(28-24-37-75-71(74)94)41-55(84)61(44(2)3)78-57(85)30-22-19-23-38-83-58(86)35-36-59(83)87/h18,20-21,26-27,31-36,44-48,51,53-54,56,61-65H,17,19,22-25,28-30,37-43H2,1-16H3,(H,76,90)(H,77,89)(H,78,85)(H,79,91)(H3,74,75,94)/t47-,48+,51+,53-,54-,56+,61-,62-,63-,64-,65+/m0/s1. The van der Waals surface area contributed by atoms with Crippen LogP contribution in [-0.4, -0.2) is 193 Å². The van der Waals surface area contributed by atoms with Crippen molar-refractivity contribution in [2.45, 2.75) is 221 Å². The number of methoxy groups -OCH3 is 2. The number of Topliss-reactive ketones (excluding diaryl/α,β-unsaturated/α-hetero) is 1. The van der Waals surface area contributed by atoms with Crippen LogP contribution in [-0.2, 0) is 79.9 Å². The number of hydrogen-bond acceptors (Lipinski definition) is 16. The van der Waals surface area contributed by atoms with Crippen molar-refractivity contribution in [3.8, 4) is 0 Å². The third-order valence-corrected chi connectivity index (χ3v) is 18.3. The Morgan fingerprint density at radius 2 is 1.34 bits per heavy atom. The molecule has 1 saturated heterocycles. The van der Waals surface area contributed by atoms with Crippen molar-refractivity contribution in [1.29, 1.82) is 0 Å². The highest BCUT2D eigenvalue weighted by Gasteiger charge is 2.44. The van der Waals surface area contributed by atoms with E-state index in [1.54, 1.807) is 110 Å². The van der Waals surface area contributed by atoms with Crippen LogP contribution in [0.25, 0.3) is 0 Å². The Morgan fingerprint density at radius 1 is 0.707 bits per heavy atom. The Balaban J connectivity index is 1.39. The number of carbonyl (C=O) groups excluding carboxylic acids is 12. The van der Waals surface area contributed by atoms with Crippen LogP contribution in [0.2, 0.25) is 0 Å². The molecule has 2 aromatic carbocycles. The van der Waals surface area contributed by atoms with Gasteiger partial charge in [0.1, 0.15) is 30.3 Å². The minimum absolute atomic E-state index is 0.111. The maximum Gasteiger partial charge on any atom is 0.410 e. The van der Waals surface area contributed by atoms with Crippen molar-refractivity contribution in [1.82, 2.24) is 40.9 Å². The van der Waals surface area contributed by atoms with Crippen LogP contribution < -0.4 is 32.3 Å². The van der Waals surface area contributed by atoms with Crippen molar-refractivity contribution >= 4 is 76.8 Å². The number of unbranched alkanes of at least 4 members (excludes halogenated alkanes) is 2. The predicted octanol–water partition coefficient (Wildman–Crippen LogP) is 7.00. The Morgan fingerprint density at radius 3 is 1.91 bits per heavy atom. The number of likely N-dealkylation sites (N-methyl/N-ethyl adjacent to an activating group) is 2. The number of ketones is 1. The summed E-state index contributed by atoms with van der Waals surface area (Å²) in [6.07, 6.45) is 3.87. The minimum Gasteiger partial charge on any atom is -0.458 e. The van der Waals surface area contributed by atoms with Crippen LogP contribution in [0, 0.1) is 35.5 Å². The maximum absolute atomic E-state index is 14.9. The average molecular weight is 1390 g/mol. The van der Waals surface area contributed by atoms with Gasteiger partial charge in [-0.1, -0.05) is 118 Å². The number of anilines is 1. The summed E-state index contributed by atoms with van der Waals surface area (Å²) in [5.41, 5.74) is 6.20. The zero-order valence-corrected chi connectivity index (χ0v) is 61.1. The van der Waals surface area contributed by atoms with Crippen molar-refractivity contribution in [3.63, 3.8) is 0 Å². The molecule has 2 aliphatic rings. The summed E-state index contributed by atoms with van der Waals surface area (Å²) in [7, 11) is 6.05. The molecule has 0 saturated carbocycles. The van der Waals surface area contributed by atoms with Crippen LogP contribution in [0.3, 0.4) is 0 Å². The van der Waals surface area contributed by atoms with Crippen molar-refractivity contribution in [3.05, 3.63) is 77.9 Å². The lowest BCUT2D eigenvalue weighted by atomic mass is 9.89. The number of amides is 11. The number of carbonyl (C=O) groups is 12. The molecule has 0 bridgehead atoms. The molecule has 2 heterocycles. The van der Waals surface area contributed by atoms with E-state index in [1.165, 1.54) is 38.3 Å². The molecule has 99 heavy (non-hydrogen) atoms. The van der Waals surface area contributed by atoms with Gasteiger partial charge in [0.25, 0.3) is 11.8 Å². The molecule has 0 spiro atoms. The lowest BCUT2D eigenvalue weighted by Crippen LogP contribution is -2.60. The Hall–Kier alpha value is -8.26. The zero-order chi connectivity index (χ0) is 74.0. The molecule has 0 radical (unpaired) electrons. The second-order valence-electron chi connectivity index (χ2n) is 28.2. The van der Waals surface area contributed by atoms with Gasteiger partial charge in [0.15, 0.2) is 5.78 Å². The first-order valence-electron chi connectivity index (χ1n) is 34.8. The van der Waals surface area contributed by atoms with Crippen molar-refractivity contribution in [2.24, 2.45) is 41.2 Å². The number of urea groups is 1. The summed E-state index contributed by atoms with van der Waals surface area (Å²) in [4.78, 5) is 167. The monoisotopic (exact) mass is 1380 g/mol. The predicted molar refractivity (Wildman–Crippen MR) is 373 cm³/mol. The van der Waals surface area contributed by atoms with Gasteiger partial charge in [0, 0.05) is 91.0 Å². The highest BCUT2D eigenvalue weighted by molar-refractivity contribution is 6.12. The molecule has 11 atom stereocenters. The zero-order valence-electron chi connectivity index (χ0n) is 61.1. The summed E-state index contributed by atoms with van der Waals surface area (Å²) in [5.74, 6) is -7.30. The lowest BCUT2D eigenvalue weighted by Gasteiger charge is -2.41. The summed E-state index contributed by atoms with van der Waals surface area (Å²) in [5, 5.41) is 14.0. The smallest absolute Gasteiger partial charge is 0.410 e. The van der Waals surface area contributed by atoms with E-state index in [-0.39, 0.29) is 93.0 Å². The van der Waals surface area contributed by atoms with E-state index < -0.39 is 119 Å². The molecule has 2 aliphatic heterocycles. The fraction of sp³-hybridized carbons (Fsp3) is 0.644. The van der Waals surface area contributed by atoms with Gasteiger partial charge >= 0.3 is 18.1 Å². The fourth-order valence-corrected chi connectivity index (χ4v) is 12.7. The topological polar surface area (TPSA) is 341 Å². The number of ether oxygens (including phenoxy) is 4. The van der Waals surface area contributed by atoms with E-state index in [4.69, 9.17) is 24.7 Å². The summed E-state index contributed by atoms with van der Waals surface area (Å²) in [6, 6.07) is 9.83. The molecular formula is C73H112N10O16. The molecule has 2 aromatic rings. The van der Waals surface area contributed by atoms with Crippen LogP contribution >= 0.6 is 0 Å². The molecule has 26 nitrogen and oxygen atoms in total. The summed E-state index contributed by atoms with van der Waals surface area (Å²) in [6.45, 7) is 22.2. The van der Waals surface area contributed by atoms with Gasteiger partial charge in [-0.2, -0.15) is 0 Å². The second kappa shape index (κ2) is 40.1. The van der Waals surface area contributed by atoms with E-state index >= 15 is 0 Å². The molecular weight excluding hydrogens is 1270 g/mol. The van der Waals surface area contributed by atoms with Crippen LogP contribution in [0.1, 0.15) is 165 Å². The number of nitrogens with two attached hydrogens (primary N) is 1. The Bertz CT molecular complexity index is 3060.